The summed E-state index contributed by atoms with van der Waals surface area (Å²) in [5.74, 6) is -0.942. The van der Waals surface area contributed by atoms with Crippen LogP contribution in [0, 0.1) is 0 Å². The van der Waals surface area contributed by atoms with Crippen LogP contribution in [0.3, 0.4) is 0 Å². The lowest BCUT2D eigenvalue weighted by molar-refractivity contribution is -0.149. The van der Waals surface area contributed by atoms with Gasteiger partial charge in [-0.15, -0.1) is 0 Å². The monoisotopic (exact) mass is 412 g/mol. The Morgan fingerprint density at radius 1 is 1.00 bits per heavy atom. The Morgan fingerprint density at radius 3 is 2.23 bits per heavy atom. The van der Waals surface area contributed by atoms with Crippen LogP contribution in [0.2, 0.25) is 0 Å². The zero-order chi connectivity index (χ0) is 21.8. The molecule has 0 spiro atoms. The fraction of sp³-hybridized carbons (Fsp3) is 0.348. The SMILES string of the molecule is CCOC(=O)C(CCN(C=O)c1ccccc1)N[C@@H](C)C(=O)OCc1ccccc1. The highest BCUT2D eigenvalue weighted by molar-refractivity contribution is 5.80. The molecule has 160 valence electrons. The standard InChI is InChI=1S/C23H28N2O5/c1-3-29-23(28)21(14-15-25(17-26)20-12-8-5-9-13-20)24-18(2)22(27)30-16-19-10-6-4-7-11-19/h4-13,17-18,21,24H,3,14-16H2,1-2H3/t18-,21?/m0/s1. The maximum absolute atomic E-state index is 12.4. The molecule has 0 bridgehead atoms. The average Bonchev–Trinajstić information content (AvgIpc) is 2.78. The number of ether oxygens (including phenoxy) is 2. The fourth-order valence-electron chi connectivity index (χ4n) is 2.87. The van der Waals surface area contributed by atoms with E-state index >= 15 is 0 Å². The van der Waals surface area contributed by atoms with Crippen molar-refractivity contribution in [3.8, 4) is 0 Å². The van der Waals surface area contributed by atoms with Gasteiger partial charge in [-0.25, -0.2) is 0 Å². The molecule has 1 unspecified atom stereocenters. The second-order valence-corrected chi connectivity index (χ2v) is 6.71. The molecule has 0 saturated carbocycles. The summed E-state index contributed by atoms with van der Waals surface area (Å²) >= 11 is 0. The van der Waals surface area contributed by atoms with Crippen LogP contribution in [0.5, 0.6) is 0 Å². The second-order valence-electron chi connectivity index (χ2n) is 6.71. The summed E-state index contributed by atoms with van der Waals surface area (Å²) in [5.41, 5.74) is 1.61. The van der Waals surface area contributed by atoms with Crippen molar-refractivity contribution in [1.29, 1.82) is 0 Å². The van der Waals surface area contributed by atoms with Gasteiger partial charge >= 0.3 is 11.9 Å². The maximum Gasteiger partial charge on any atom is 0.323 e. The Hall–Kier alpha value is -3.19. The first-order chi connectivity index (χ1) is 14.5. The molecule has 1 amide bonds. The van der Waals surface area contributed by atoms with E-state index in [1.54, 1.807) is 13.8 Å². The molecule has 0 aromatic heterocycles. The predicted molar refractivity (Wildman–Crippen MR) is 114 cm³/mol. The largest absolute Gasteiger partial charge is 0.465 e. The number of hydrogen-bond donors (Lipinski definition) is 1. The molecule has 0 aliphatic heterocycles. The van der Waals surface area contributed by atoms with Crippen molar-refractivity contribution in [2.45, 2.75) is 39.0 Å². The normalized spacial score (nSPS) is 12.5. The quantitative estimate of drug-likeness (QED) is 0.426. The molecule has 0 heterocycles. The summed E-state index contributed by atoms with van der Waals surface area (Å²) in [6, 6.07) is 17.0. The van der Waals surface area contributed by atoms with Gasteiger partial charge in [-0.1, -0.05) is 48.5 Å². The van der Waals surface area contributed by atoms with E-state index in [1.165, 1.54) is 4.90 Å². The van der Waals surface area contributed by atoms with E-state index in [2.05, 4.69) is 5.32 Å². The molecule has 2 aromatic carbocycles. The minimum absolute atomic E-state index is 0.155. The van der Waals surface area contributed by atoms with Gasteiger partial charge in [-0.2, -0.15) is 0 Å². The summed E-state index contributed by atoms with van der Waals surface area (Å²) in [7, 11) is 0. The number of esters is 2. The zero-order valence-electron chi connectivity index (χ0n) is 17.3. The van der Waals surface area contributed by atoms with Gasteiger partial charge in [0.25, 0.3) is 0 Å². The molecule has 0 aliphatic rings. The van der Waals surface area contributed by atoms with Crippen molar-refractivity contribution in [1.82, 2.24) is 5.32 Å². The van der Waals surface area contributed by atoms with Gasteiger partial charge in [0, 0.05) is 12.2 Å². The third-order valence-electron chi connectivity index (χ3n) is 4.47. The number of nitrogens with zero attached hydrogens (tertiary/aromatic N) is 1. The molecule has 30 heavy (non-hydrogen) atoms. The first-order valence-corrected chi connectivity index (χ1v) is 9.95. The molecule has 2 rings (SSSR count). The first-order valence-electron chi connectivity index (χ1n) is 9.95. The summed E-state index contributed by atoms with van der Waals surface area (Å²) < 4.78 is 10.5. The Kier molecular flexibility index (Phi) is 9.54. The van der Waals surface area contributed by atoms with Gasteiger partial charge in [0.1, 0.15) is 18.7 Å². The number of anilines is 1. The molecule has 2 atom stereocenters. The molecular weight excluding hydrogens is 384 g/mol. The number of nitrogens with one attached hydrogen (secondary N) is 1. The van der Waals surface area contributed by atoms with E-state index in [1.807, 2.05) is 60.7 Å². The van der Waals surface area contributed by atoms with Crippen LogP contribution < -0.4 is 10.2 Å². The number of carbonyl (C=O) groups excluding carboxylic acids is 3. The number of rotatable bonds is 12. The summed E-state index contributed by atoms with van der Waals surface area (Å²) in [5, 5.41) is 2.98. The van der Waals surface area contributed by atoms with Crippen molar-refractivity contribution in [3.63, 3.8) is 0 Å². The molecule has 7 nitrogen and oxygen atoms in total. The Bertz CT molecular complexity index is 798. The van der Waals surface area contributed by atoms with Crippen molar-refractivity contribution < 1.29 is 23.9 Å². The third kappa shape index (κ3) is 7.33. The molecule has 2 aromatic rings. The van der Waals surface area contributed by atoms with E-state index in [4.69, 9.17) is 9.47 Å². The van der Waals surface area contributed by atoms with Crippen LogP contribution in [0.25, 0.3) is 0 Å². The minimum atomic E-state index is -0.754. The van der Waals surface area contributed by atoms with Gasteiger partial charge in [-0.3, -0.25) is 19.7 Å². The Balaban J connectivity index is 1.95. The van der Waals surface area contributed by atoms with Crippen LogP contribution in [0.4, 0.5) is 5.69 Å². The lowest BCUT2D eigenvalue weighted by atomic mass is 10.1. The highest BCUT2D eigenvalue weighted by atomic mass is 16.5. The van der Waals surface area contributed by atoms with Crippen LogP contribution in [0.15, 0.2) is 60.7 Å². The molecule has 0 aliphatic carbocycles. The van der Waals surface area contributed by atoms with Gasteiger partial charge in [0.05, 0.1) is 6.61 Å². The highest BCUT2D eigenvalue weighted by Crippen LogP contribution is 2.13. The van der Waals surface area contributed by atoms with E-state index in [-0.39, 0.29) is 26.2 Å². The number of amides is 1. The van der Waals surface area contributed by atoms with Crippen LogP contribution in [-0.2, 0) is 30.5 Å². The molecule has 7 heteroatoms. The molecule has 0 radical (unpaired) electrons. The smallest absolute Gasteiger partial charge is 0.323 e. The highest BCUT2D eigenvalue weighted by Gasteiger charge is 2.26. The molecular formula is C23H28N2O5. The van der Waals surface area contributed by atoms with Crippen molar-refractivity contribution in [3.05, 3.63) is 66.2 Å². The van der Waals surface area contributed by atoms with Crippen LogP contribution in [-0.4, -0.2) is 43.6 Å². The van der Waals surface area contributed by atoms with E-state index in [0.29, 0.717) is 0 Å². The third-order valence-corrected chi connectivity index (χ3v) is 4.47. The van der Waals surface area contributed by atoms with E-state index < -0.39 is 24.0 Å². The van der Waals surface area contributed by atoms with Crippen LogP contribution in [0.1, 0.15) is 25.8 Å². The van der Waals surface area contributed by atoms with Gasteiger partial charge < -0.3 is 14.4 Å². The topological polar surface area (TPSA) is 84.9 Å². The van der Waals surface area contributed by atoms with Crippen molar-refractivity contribution >= 4 is 24.0 Å². The number of benzene rings is 2. The van der Waals surface area contributed by atoms with E-state index in [9.17, 15) is 14.4 Å². The van der Waals surface area contributed by atoms with Crippen molar-refractivity contribution in [2.24, 2.45) is 0 Å². The van der Waals surface area contributed by atoms with Gasteiger partial charge in [-0.05, 0) is 38.0 Å². The lowest BCUT2D eigenvalue weighted by Crippen LogP contribution is -2.48. The summed E-state index contributed by atoms with van der Waals surface area (Å²) in [6.45, 7) is 4.01. The molecule has 1 N–H and O–H groups in total. The first kappa shape index (κ1) is 23.1. The molecule has 0 saturated heterocycles. The predicted octanol–water partition coefficient (Wildman–Crippen LogP) is 2.69. The van der Waals surface area contributed by atoms with Crippen LogP contribution >= 0.6 is 0 Å². The number of para-hydroxylation sites is 1. The Morgan fingerprint density at radius 2 is 1.63 bits per heavy atom. The Labute approximate surface area is 177 Å². The molecule has 0 fully saturated rings. The average molecular weight is 412 g/mol. The van der Waals surface area contributed by atoms with E-state index in [0.717, 1.165) is 17.7 Å². The van der Waals surface area contributed by atoms with Crippen molar-refractivity contribution in [2.75, 3.05) is 18.1 Å². The van der Waals surface area contributed by atoms with Gasteiger partial charge in [0.15, 0.2) is 0 Å². The lowest BCUT2D eigenvalue weighted by Gasteiger charge is -2.24. The summed E-state index contributed by atoms with van der Waals surface area (Å²) in [4.78, 5) is 37.7. The number of carbonyl (C=O) groups is 3. The summed E-state index contributed by atoms with van der Waals surface area (Å²) in [6.07, 6.45) is 0.998. The fourth-order valence-corrected chi connectivity index (χ4v) is 2.87. The minimum Gasteiger partial charge on any atom is -0.465 e. The second kappa shape index (κ2) is 12.4. The zero-order valence-corrected chi connectivity index (χ0v) is 17.3. The maximum atomic E-state index is 12.4. The number of hydrogen-bond acceptors (Lipinski definition) is 6. The van der Waals surface area contributed by atoms with Gasteiger partial charge in [0.2, 0.25) is 6.41 Å².